The van der Waals surface area contributed by atoms with E-state index in [1.807, 2.05) is 23.1 Å². The lowest BCUT2D eigenvalue weighted by molar-refractivity contribution is -0.118. The molecule has 1 amide bonds. The van der Waals surface area contributed by atoms with Crippen LogP contribution in [0.4, 0.5) is 11.4 Å². The number of hydrogen-bond donors (Lipinski definition) is 2. The van der Waals surface area contributed by atoms with E-state index in [0.717, 1.165) is 37.2 Å². The number of nitrogens with zero attached hydrogens (tertiary/aromatic N) is 2. The van der Waals surface area contributed by atoms with Crippen molar-refractivity contribution in [2.75, 3.05) is 23.3 Å². The number of carbonyl (C=O) groups excluding carboxylic acids is 1. The summed E-state index contributed by atoms with van der Waals surface area (Å²) in [5.74, 6) is 0.599. The van der Waals surface area contributed by atoms with Crippen molar-refractivity contribution in [1.82, 2.24) is 0 Å². The first-order valence-corrected chi connectivity index (χ1v) is 10.3. The van der Waals surface area contributed by atoms with Crippen molar-refractivity contribution in [3.63, 3.8) is 0 Å². The van der Waals surface area contributed by atoms with E-state index in [9.17, 15) is 4.79 Å². The second-order valence-electron chi connectivity index (χ2n) is 7.57. The Balaban J connectivity index is 1.28. The molecule has 1 aliphatic carbocycles. The van der Waals surface area contributed by atoms with Crippen LogP contribution in [0.15, 0.2) is 47.5 Å². The maximum absolute atomic E-state index is 12.5. The summed E-state index contributed by atoms with van der Waals surface area (Å²) in [6, 6.07) is 14.5. The summed E-state index contributed by atoms with van der Waals surface area (Å²) < 4.78 is 0. The second-order valence-corrected chi connectivity index (χ2v) is 7.57. The molecule has 0 bridgehead atoms. The Morgan fingerprint density at radius 3 is 2.79 bits per heavy atom. The van der Waals surface area contributed by atoms with Crippen LogP contribution < -0.4 is 16.0 Å². The molecular weight excluding hydrogens is 348 g/mol. The monoisotopic (exact) mass is 376 g/mol. The Morgan fingerprint density at radius 1 is 1.04 bits per heavy atom. The fraction of sp³-hybridized carbons (Fsp3) is 0.391. The number of nitrogens with two attached hydrogens (primary N) is 1. The number of para-hydroxylation sites is 1. The van der Waals surface area contributed by atoms with E-state index in [0.29, 0.717) is 25.3 Å². The lowest BCUT2D eigenvalue weighted by Crippen LogP contribution is -2.29. The molecule has 5 nitrogen and oxygen atoms in total. The van der Waals surface area contributed by atoms with Gasteiger partial charge in [0.15, 0.2) is 5.96 Å². The molecule has 0 radical (unpaired) electrons. The minimum atomic E-state index is 0.170. The van der Waals surface area contributed by atoms with Gasteiger partial charge in [-0.05, 0) is 67.3 Å². The summed E-state index contributed by atoms with van der Waals surface area (Å²) in [5.41, 5.74) is 12.3. The molecule has 4 rings (SSSR count). The van der Waals surface area contributed by atoms with E-state index in [1.165, 1.54) is 29.5 Å². The number of carbonyl (C=O) groups is 1. The number of anilines is 2. The lowest BCUT2D eigenvalue weighted by Gasteiger charge is -2.20. The third-order valence-corrected chi connectivity index (χ3v) is 5.68. The number of aryl methyl sites for hydroxylation is 1. The molecule has 28 heavy (non-hydrogen) atoms. The normalized spacial score (nSPS) is 15.9. The first-order chi connectivity index (χ1) is 13.7. The Labute approximate surface area is 166 Å². The molecule has 2 aromatic rings. The number of guanidine groups is 1. The highest BCUT2D eigenvalue weighted by atomic mass is 16.2. The minimum absolute atomic E-state index is 0.170. The van der Waals surface area contributed by atoms with Gasteiger partial charge >= 0.3 is 0 Å². The quantitative estimate of drug-likeness (QED) is 0.475. The van der Waals surface area contributed by atoms with Crippen LogP contribution in [0.3, 0.4) is 0 Å². The summed E-state index contributed by atoms with van der Waals surface area (Å²) in [6.07, 6.45) is 6.86. The number of aliphatic imine (C=N–C) groups is 1. The van der Waals surface area contributed by atoms with Crippen molar-refractivity contribution in [2.24, 2.45) is 10.7 Å². The van der Waals surface area contributed by atoms with Gasteiger partial charge in [0.1, 0.15) is 0 Å². The summed E-state index contributed by atoms with van der Waals surface area (Å²) in [5, 5.41) is 3.26. The molecule has 0 aromatic heterocycles. The van der Waals surface area contributed by atoms with Gasteiger partial charge in [-0.2, -0.15) is 0 Å². The van der Waals surface area contributed by atoms with Gasteiger partial charge in [-0.15, -0.1) is 0 Å². The maximum atomic E-state index is 12.5. The van der Waals surface area contributed by atoms with E-state index in [4.69, 9.17) is 5.73 Å². The van der Waals surface area contributed by atoms with Gasteiger partial charge in [0.2, 0.25) is 5.91 Å². The zero-order chi connectivity index (χ0) is 19.3. The molecular formula is C23H28N4O. The van der Waals surface area contributed by atoms with Gasteiger partial charge in [0.05, 0.1) is 0 Å². The Bertz CT molecular complexity index is 890. The van der Waals surface area contributed by atoms with Crippen LogP contribution in [0.5, 0.6) is 0 Å². The Kier molecular flexibility index (Phi) is 5.60. The molecule has 3 N–H and O–H groups in total. The van der Waals surface area contributed by atoms with Crippen LogP contribution in [0.1, 0.15) is 42.4 Å². The van der Waals surface area contributed by atoms with E-state index in [2.05, 4.69) is 34.6 Å². The molecule has 0 atom stereocenters. The van der Waals surface area contributed by atoms with Crippen LogP contribution in [0.2, 0.25) is 0 Å². The average Bonchev–Trinajstić information content (AvgIpc) is 3.16. The highest BCUT2D eigenvalue weighted by Gasteiger charge is 2.23. The highest BCUT2D eigenvalue weighted by Crippen LogP contribution is 2.29. The van der Waals surface area contributed by atoms with Gasteiger partial charge < -0.3 is 16.0 Å². The SMILES string of the molecule is NC(=NCCCC(=O)N1CCc2ccccc21)Nc1cccc2c1CCCC2. The Hall–Kier alpha value is -2.82. The van der Waals surface area contributed by atoms with E-state index >= 15 is 0 Å². The third-order valence-electron chi connectivity index (χ3n) is 5.68. The Morgan fingerprint density at radius 2 is 1.86 bits per heavy atom. The van der Waals surface area contributed by atoms with Gasteiger partial charge in [0.25, 0.3) is 0 Å². The van der Waals surface area contributed by atoms with Crippen LogP contribution in [0, 0.1) is 0 Å². The van der Waals surface area contributed by atoms with Crippen LogP contribution in [-0.4, -0.2) is 25.0 Å². The van der Waals surface area contributed by atoms with Crippen molar-refractivity contribution in [3.05, 3.63) is 59.2 Å². The van der Waals surface area contributed by atoms with Gasteiger partial charge in [-0.1, -0.05) is 30.3 Å². The summed E-state index contributed by atoms with van der Waals surface area (Å²) in [4.78, 5) is 18.9. The van der Waals surface area contributed by atoms with Crippen molar-refractivity contribution < 1.29 is 4.79 Å². The standard InChI is InChI=1S/C23H28N4O/c24-23(26-20-11-5-9-17-7-1-3-10-19(17)20)25-15-6-13-22(28)27-16-14-18-8-2-4-12-21(18)27/h2,4-5,8-9,11-12H,1,3,6-7,10,13-16H2,(H3,24,25,26). The van der Waals surface area contributed by atoms with E-state index < -0.39 is 0 Å². The van der Waals surface area contributed by atoms with E-state index in [-0.39, 0.29) is 5.91 Å². The molecule has 0 spiro atoms. The lowest BCUT2D eigenvalue weighted by atomic mass is 9.90. The first kappa shape index (κ1) is 18.5. The number of benzene rings is 2. The van der Waals surface area contributed by atoms with Crippen LogP contribution in [-0.2, 0) is 24.1 Å². The van der Waals surface area contributed by atoms with Crippen LogP contribution in [0.25, 0.3) is 0 Å². The molecule has 1 heterocycles. The molecule has 0 unspecified atom stereocenters. The van der Waals surface area contributed by atoms with Crippen molar-refractivity contribution in [3.8, 4) is 0 Å². The second kappa shape index (κ2) is 8.46. The van der Waals surface area contributed by atoms with Crippen LogP contribution >= 0.6 is 0 Å². The first-order valence-electron chi connectivity index (χ1n) is 10.3. The zero-order valence-corrected chi connectivity index (χ0v) is 16.3. The summed E-state index contributed by atoms with van der Waals surface area (Å²) >= 11 is 0. The number of fused-ring (bicyclic) bond motifs is 2. The van der Waals surface area contributed by atoms with Gasteiger partial charge in [-0.25, -0.2) is 0 Å². The van der Waals surface area contributed by atoms with Gasteiger partial charge in [-0.3, -0.25) is 9.79 Å². The van der Waals surface area contributed by atoms with Crippen molar-refractivity contribution >= 4 is 23.2 Å². The average molecular weight is 377 g/mol. The van der Waals surface area contributed by atoms with Crippen molar-refractivity contribution in [1.29, 1.82) is 0 Å². The summed E-state index contributed by atoms with van der Waals surface area (Å²) in [7, 11) is 0. The molecule has 0 fully saturated rings. The fourth-order valence-electron chi connectivity index (χ4n) is 4.24. The molecule has 0 saturated heterocycles. The molecule has 0 saturated carbocycles. The molecule has 5 heteroatoms. The zero-order valence-electron chi connectivity index (χ0n) is 16.3. The predicted molar refractivity (Wildman–Crippen MR) is 115 cm³/mol. The minimum Gasteiger partial charge on any atom is -0.370 e. The topological polar surface area (TPSA) is 70.7 Å². The number of hydrogen-bond acceptors (Lipinski definition) is 2. The van der Waals surface area contributed by atoms with Crippen molar-refractivity contribution in [2.45, 2.75) is 44.9 Å². The number of nitrogens with one attached hydrogen (secondary N) is 1. The number of amides is 1. The predicted octanol–water partition coefficient (Wildman–Crippen LogP) is 3.66. The highest BCUT2D eigenvalue weighted by molar-refractivity contribution is 5.95. The number of rotatable bonds is 5. The smallest absolute Gasteiger partial charge is 0.227 e. The third kappa shape index (κ3) is 4.03. The molecule has 2 aromatic carbocycles. The van der Waals surface area contributed by atoms with E-state index in [1.54, 1.807) is 0 Å². The molecule has 2 aliphatic rings. The van der Waals surface area contributed by atoms with Gasteiger partial charge in [0, 0.05) is 30.9 Å². The maximum Gasteiger partial charge on any atom is 0.227 e. The molecule has 146 valence electrons. The molecule has 1 aliphatic heterocycles. The fourth-order valence-corrected chi connectivity index (χ4v) is 4.24. The largest absolute Gasteiger partial charge is 0.370 e. The summed E-state index contributed by atoms with van der Waals surface area (Å²) in [6.45, 7) is 1.33.